The number of ether oxygens (including phenoxy) is 2. The fraction of sp³-hybridized carbons (Fsp3) is 0. The Morgan fingerprint density at radius 2 is 1.06 bits per heavy atom. The Balaban J connectivity index is 1.62. The molecule has 4 aromatic rings. The zero-order chi connectivity index (χ0) is 22.7. The van der Waals surface area contributed by atoms with Crippen LogP contribution in [-0.4, -0.2) is 16.2 Å². The Bertz CT molecular complexity index is 1270. The lowest BCUT2D eigenvalue weighted by molar-refractivity contribution is 0.0697. The van der Waals surface area contributed by atoms with Gasteiger partial charge in [0.25, 0.3) is 0 Å². The molecule has 7 heteroatoms. The molecule has 0 heterocycles. The van der Waals surface area contributed by atoms with Crippen LogP contribution < -0.4 is 20.9 Å². The van der Waals surface area contributed by atoms with Crippen LogP contribution in [0.15, 0.2) is 84.9 Å². The average molecular weight is 428 g/mol. The van der Waals surface area contributed by atoms with Gasteiger partial charge in [-0.1, -0.05) is 0 Å². The molecule has 0 saturated heterocycles. The minimum atomic E-state index is -1.15. The van der Waals surface area contributed by atoms with Crippen LogP contribution in [0.2, 0.25) is 0 Å². The van der Waals surface area contributed by atoms with E-state index in [4.69, 9.17) is 20.9 Å². The van der Waals surface area contributed by atoms with Gasteiger partial charge in [-0.25, -0.2) is 4.79 Å². The molecule has 0 radical (unpaired) electrons. The molecule has 0 amide bonds. The molecule has 0 aliphatic heterocycles. The van der Waals surface area contributed by atoms with Crippen LogP contribution >= 0.6 is 0 Å². The van der Waals surface area contributed by atoms with E-state index in [0.29, 0.717) is 45.5 Å². The van der Waals surface area contributed by atoms with Gasteiger partial charge in [0.2, 0.25) is 0 Å². The van der Waals surface area contributed by atoms with Crippen LogP contribution in [0.25, 0.3) is 11.1 Å². The standard InChI is InChI=1S/C25H20N2O5/c26-15-1-5-17(6-2-15)31-19-9-11-21(23(13-19)25(29)30)22-12-10-20(14-24(22)28)32-18-7-3-16(27)4-8-18/h1-14,28H,26-27H2,(H,29,30). The van der Waals surface area contributed by atoms with Crippen molar-refractivity contribution in [2.75, 3.05) is 11.5 Å². The number of rotatable bonds is 6. The Morgan fingerprint density at radius 1 is 0.625 bits per heavy atom. The first-order valence-corrected chi connectivity index (χ1v) is 9.66. The van der Waals surface area contributed by atoms with Crippen LogP contribution in [0, 0.1) is 0 Å². The zero-order valence-electron chi connectivity index (χ0n) is 16.9. The molecule has 4 rings (SSSR count). The molecule has 160 valence electrons. The fourth-order valence-electron chi connectivity index (χ4n) is 3.15. The van der Waals surface area contributed by atoms with Gasteiger partial charge in [0.1, 0.15) is 28.7 Å². The Morgan fingerprint density at radius 3 is 1.53 bits per heavy atom. The van der Waals surface area contributed by atoms with Gasteiger partial charge in [0.05, 0.1) is 5.56 Å². The number of aromatic carboxylic acids is 1. The molecule has 7 nitrogen and oxygen atoms in total. The number of phenolic OH excluding ortho intramolecular Hbond substituents is 1. The monoisotopic (exact) mass is 428 g/mol. The smallest absolute Gasteiger partial charge is 0.336 e. The maximum Gasteiger partial charge on any atom is 0.336 e. The summed E-state index contributed by atoms with van der Waals surface area (Å²) in [6.45, 7) is 0. The molecule has 0 saturated carbocycles. The summed E-state index contributed by atoms with van der Waals surface area (Å²) in [6.07, 6.45) is 0. The number of carbonyl (C=O) groups is 1. The van der Waals surface area contributed by atoms with Crippen LogP contribution in [0.5, 0.6) is 28.7 Å². The van der Waals surface area contributed by atoms with Crippen molar-refractivity contribution in [2.24, 2.45) is 0 Å². The summed E-state index contributed by atoms with van der Waals surface area (Å²) in [4.78, 5) is 11.9. The van der Waals surface area contributed by atoms with E-state index in [1.54, 1.807) is 72.8 Å². The van der Waals surface area contributed by atoms with Gasteiger partial charge in [-0.3, -0.25) is 0 Å². The van der Waals surface area contributed by atoms with Crippen LogP contribution in [-0.2, 0) is 0 Å². The van der Waals surface area contributed by atoms with E-state index in [1.165, 1.54) is 12.1 Å². The minimum absolute atomic E-state index is 0.0135. The van der Waals surface area contributed by atoms with Crippen LogP contribution in [0.4, 0.5) is 11.4 Å². The Hall–Kier alpha value is -4.65. The fourth-order valence-corrected chi connectivity index (χ4v) is 3.15. The second kappa shape index (κ2) is 8.61. The van der Waals surface area contributed by atoms with Crippen molar-refractivity contribution < 1.29 is 24.5 Å². The van der Waals surface area contributed by atoms with Crippen molar-refractivity contribution in [1.82, 2.24) is 0 Å². The number of carboxylic acid groups (broad SMARTS) is 1. The lowest BCUT2D eigenvalue weighted by atomic mass is 9.98. The average Bonchev–Trinajstić information content (AvgIpc) is 2.77. The molecule has 0 atom stereocenters. The van der Waals surface area contributed by atoms with Crippen molar-refractivity contribution in [3.63, 3.8) is 0 Å². The first-order chi connectivity index (χ1) is 15.4. The second-order valence-electron chi connectivity index (χ2n) is 7.03. The van der Waals surface area contributed by atoms with Crippen LogP contribution in [0.1, 0.15) is 10.4 Å². The van der Waals surface area contributed by atoms with Crippen molar-refractivity contribution in [3.8, 4) is 39.9 Å². The maximum absolute atomic E-state index is 11.9. The number of nitrogen functional groups attached to an aromatic ring is 2. The highest BCUT2D eigenvalue weighted by atomic mass is 16.5. The van der Waals surface area contributed by atoms with E-state index < -0.39 is 5.97 Å². The number of benzene rings is 4. The van der Waals surface area contributed by atoms with Crippen molar-refractivity contribution in [3.05, 3.63) is 90.5 Å². The largest absolute Gasteiger partial charge is 0.507 e. The van der Waals surface area contributed by atoms with Gasteiger partial charge in [-0.15, -0.1) is 0 Å². The lowest BCUT2D eigenvalue weighted by Gasteiger charge is -2.13. The molecular formula is C25H20N2O5. The molecule has 0 spiro atoms. The third-order valence-corrected chi connectivity index (χ3v) is 4.71. The van der Waals surface area contributed by atoms with Crippen molar-refractivity contribution in [2.45, 2.75) is 0 Å². The predicted octanol–water partition coefficient (Wildman–Crippen LogP) is 5.51. The molecule has 0 aliphatic rings. The molecular weight excluding hydrogens is 408 g/mol. The van der Waals surface area contributed by atoms with Gasteiger partial charge in [-0.05, 0) is 78.9 Å². The number of nitrogens with two attached hydrogens (primary N) is 2. The van der Waals surface area contributed by atoms with Gasteiger partial charge >= 0.3 is 5.97 Å². The van der Waals surface area contributed by atoms with Crippen LogP contribution in [0.3, 0.4) is 0 Å². The van der Waals surface area contributed by atoms with E-state index in [9.17, 15) is 15.0 Å². The minimum Gasteiger partial charge on any atom is -0.507 e. The lowest BCUT2D eigenvalue weighted by Crippen LogP contribution is -2.00. The molecule has 0 aromatic heterocycles. The molecule has 32 heavy (non-hydrogen) atoms. The number of carboxylic acids is 1. The van der Waals surface area contributed by atoms with Gasteiger partial charge in [-0.2, -0.15) is 0 Å². The Labute approximate surface area is 184 Å². The zero-order valence-corrected chi connectivity index (χ0v) is 16.9. The molecule has 6 N–H and O–H groups in total. The summed E-state index contributed by atoms with van der Waals surface area (Å²) < 4.78 is 11.4. The van der Waals surface area contributed by atoms with E-state index in [0.717, 1.165) is 0 Å². The van der Waals surface area contributed by atoms with E-state index in [1.807, 2.05) is 0 Å². The first kappa shape index (κ1) is 20.6. The summed E-state index contributed by atoms with van der Waals surface area (Å²) in [6, 6.07) is 22.9. The third kappa shape index (κ3) is 4.57. The molecule has 0 bridgehead atoms. The quantitative estimate of drug-likeness (QED) is 0.298. The summed E-state index contributed by atoms with van der Waals surface area (Å²) >= 11 is 0. The number of phenols is 1. The van der Waals surface area contributed by atoms with E-state index in [-0.39, 0.29) is 11.3 Å². The first-order valence-electron chi connectivity index (χ1n) is 9.66. The summed E-state index contributed by atoms with van der Waals surface area (Å²) in [5.74, 6) is 0.559. The summed E-state index contributed by atoms with van der Waals surface area (Å²) in [5, 5.41) is 20.3. The highest BCUT2D eigenvalue weighted by Gasteiger charge is 2.17. The molecule has 0 aliphatic carbocycles. The summed E-state index contributed by atoms with van der Waals surface area (Å²) in [7, 11) is 0. The highest BCUT2D eigenvalue weighted by molar-refractivity contribution is 5.97. The number of hydrogen-bond acceptors (Lipinski definition) is 6. The topological polar surface area (TPSA) is 128 Å². The summed E-state index contributed by atoms with van der Waals surface area (Å²) in [5.41, 5.74) is 13.2. The second-order valence-corrected chi connectivity index (χ2v) is 7.03. The van der Waals surface area contributed by atoms with Gasteiger partial charge in [0.15, 0.2) is 0 Å². The van der Waals surface area contributed by atoms with Gasteiger partial charge < -0.3 is 31.2 Å². The van der Waals surface area contributed by atoms with Crippen molar-refractivity contribution >= 4 is 17.3 Å². The Kier molecular flexibility index (Phi) is 5.55. The van der Waals surface area contributed by atoms with Crippen molar-refractivity contribution in [1.29, 1.82) is 0 Å². The molecule has 0 fully saturated rings. The number of aromatic hydroxyl groups is 1. The predicted molar refractivity (Wildman–Crippen MR) is 122 cm³/mol. The van der Waals surface area contributed by atoms with Gasteiger partial charge in [0, 0.05) is 28.6 Å². The maximum atomic E-state index is 11.9. The normalized spacial score (nSPS) is 10.5. The molecule has 4 aromatic carbocycles. The van der Waals surface area contributed by atoms with E-state index >= 15 is 0 Å². The SMILES string of the molecule is Nc1ccc(Oc2ccc(-c3ccc(Oc4ccc(N)cc4)cc3C(=O)O)c(O)c2)cc1. The highest BCUT2D eigenvalue weighted by Crippen LogP contribution is 2.37. The third-order valence-electron chi connectivity index (χ3n) is 4.71. The van der Waals surface area contributed by atoms with E-state index in [2.05, 4.69) is 0 Å². The molecule has 0 unspecified atom stereocenters. The number of hydrogen-bond donors (Lipinski definition) is 4. The number of anilines is 2.